The highest BCUT2D eigenvalue weighted by Crippen LogP contribution is 2.09. The third-order valence-corrected chi connectivity index (χ3v) is 2.26. The Balaban J connectivity index is 2.53. The molecule has 0 saturated heterocycles. The largest absolute Gasteiger partial charge is 0.481 e. The lowest BCUT2D eigenvalue weighted by Gasteiger charge is -2.24. The summed E-state index contributed by atoms with van der Waals surface area (Å²) in [6.45, 7) is 5.95. The zero-order valence-corrected chi connectivity index (χ0v) is 10.7. The first-order chi connectivity index (χ1) is 8.32. The molecular formula is C11H18N4O3. The number of carbonyl (C=O) groups excluding carboxylic acids is 1. The molecule has 1 aromatic heterocycles. The first kappa shape index (κ1) is 14.0. The molecule has 0 aromatic carbocycles. The summed E-state index contributed by atoms with van der Waals surface area (Å²) < 4.78 is 1.68. The van der Waals surface area contributed by atoms with Crippen molar-refractivity contribution in [1.29, 1.82) is 0 Å². The Labute approximate surface area is 105 Å². The maximum Gasteiger partial charge on any atom is 0.319 e. The van der Waals surface area contributed by atoms with Gasteiger partial charge in [-0.1, -0.05) is 0 Å². The van der Waals surface area contributed by atoms with Crippen LogP contribution in [-0.2, 0) is 11.3 Å². The molecule has 18 heavy (non-hydrogen) atoms. The fourth-order valence-electron chi connectivity index (χ4n) is 1.49. The summed E-state index contributed by atoms with van der Waals surface area (Å²) in [7, 11) is 0. The number of nitrogens with one attached hydrogen (secondary N) is 2. The van der Waals surface area contributed by atoms with Crippen molar-refractivity contribution in [2.75, 3.05) is 5.32 Å². The van der Waals surface area contributed by atoms with E-state index >= 15 is 0 Å². The molecule has 0 radical (unpaired) electrons. The monoisotopic (exact) mass is 254 g/mol. The van der Waals surface area contributed by atoms with Gasteiger partial charge in [0.15, 0.2) is 0 Å². The van der Waals surface area contributed by atoms with Gasteiger partial charge in [-0.2, -0.15) is 5.10 Å². The maximum atomic E-state index is 11.7. The van der Waals surface area contributed by atoms with Crippen LogP contribution in [0.5, 0.6) is 0 Å². The SMILES string of the molecule is CCn1cc(NC(=O)NC(C)(C)CC(=O)O)cn1. The number of carbonyl (C=O) groups is 2. The Kier molecular flexibility index (Phi) is 4.30. The summed E-state index contributed by atoms with van der Waals surface area (Å²) in [6.07, 6.45) is 3.09. The predicted octanol–water partition coefficient (Wildman–Crippen LogP) is 1.28. The van der Waals surface area contributed by atoms with E-state index in [2.05, 4.69) is 15.7 Å². The lowest BCUT2D eigenvalue weighted by Crippen LogP contribution is -2.46. The van der Waals surface area contributed by atoms with Gasteiger partial charge in [-0.15, -0.1) is 0 Å². The summed E-state index contributed by atoms with van der Waals surface area (Å²) in [5.74, 6) is -0.959. The third kappa shape index (κ3) is 4.44. The van der Waals surface area contributed by atoms with Crippen LogP contribution < -0.4 is 10.6 Å². The van der Waals surface area contributed by atoms with Crippen LogP contribution in [0.4, 0.5) is 10.5 Å². The van der Waals surface area contributed by atoms with Crippen molar-refractivity contribution in [2.45, 2.75) is 39.3 Å². The van der Waals surface area contributed by atoms with Crippen molar-refractivity contribution in [3.63, 3.8) is 0 Å². The molecule has 7 nitrogen and oxygen atoms in total. The molecule has 0 atom stereocenters. The Morgan fingerprint density at radius 1 is 1.50 bits per heavy atom. The summed E-state index contributed by atoms with van der Waals surface area (Å²) in [4.78, 5) is 22.3. The molecule has 0 aliphatic rings. The number of rotatable bonds is 5. The van der Waals surface area contributed by atoms with Gasteiger partial charge < -0.3 is 15.7 Å². The molecule has 0 unspecified atom stereocenters. The van der Waals surface area contributed by atoms with Gasteiger partial charge in [0.2, 0.25) is 0 Å². The summed E-state index contributed by atoms with van der Waals surface area (Å²) >= 11 is 0. The average molecular weight is 254 g/mol. The smallest absolute Gasteiger partial charge is 0.319 e. The Morgan fingerprint density at radius 2 is 2.17 bits per heavy atom. The minimum absolute atomic E-state index is 0.144. The van der Waals surface area contributed by atoms with Crippen molar-refractivity contribution in [3.05, 3.63) is 12.4 Å². The molecule has 0 bridgehead atoms. The number of nitrogens with zero attached hydrogens (tertiary/aromatic N) is 2. The van der Waals surface area contributed by atoms with Gasteiger partial charge in [0.1, 0.15) is 0 Å². The lowest BCUT2D eigenvalue weighted by molar-refractivity contribution is -0.138. The van der Waals surface area contributed by atoms with Crippen molar-refractivity contribution in [1.82, 2.24) is 15.1 Å². The normalized spacial score (nSPS) is 11.1. The Morgan fingerprint density at radius 3 is 2.67 bits per heavy atom. The number of amides is 2. The van der Waals surface area contributed by atoms with Crippen molar-refractivity contribution < 1.29 is 14.7 Å². The van der Waals surface area contributed by atoms with Crippen LogP contribution in [0.2, 0.25) is 0 Å². The van der Waals surface area contributed by atoms with E-state index in [1.54, 1.807) is 24.7 Å². The van der Waals surface area contributed by atoms with Gasteiger partial charge in [0.25, 0.3) is 0 Å². The van der Waals surface area contributed by atoms with Crippen LogP contribution in [-0.4, -0.2) is 32.4 Å². The van der Waals surface area contributed by atoms with Gasteiger partial charge in [-0.3, -0.25) is 9.48 Å². The zero-order chi connectivity index (χ0) is 13.8. The minimum atomic E-state index is -0.959. The van der Waals surface area contributed by atoms with Crippen molar-refractivity contribution in [2.24, 2.45) is 0 Å². The molecule has 0 saturated carbocycles. The molecule has 0 fully saturated rings. The fraction of sp³-hybridized carbons (Fsp3) is 0.545. The molecule has 1 rings (SSSR count). The van der Waals surface area contributed by atoms with E-state index < -0.39 is 17.5 Å². The number of aliphatic carboxylic acids is 1. The second-order valence-corrected chi connectivity index (χ2v) is 4.62. The molecule has 100 valence electrons. The van der Waals surface area contributed by atoms with E-state index in [1.807, 2.05) is 6.92 Å². The average Bonchev–Trinajstić information content (AvgIpc) is 2.61. The summed E-state index contributed by atoms with van der Waals surface area (Å²) in [6, 6.07) is -0.447. The minimum Gasteiger partial charge on any atom is -0.481 e. The quantitative estimate of drug-likeness (QED) is 0.737. The first-order valence-electron chi connectivity index (χ1n) is 5.66. The highest BCUT2D eigenvalue weighted by atomic mass is 16.4. The number of anilines is 1. The molecule has 1 heterocycles. The third-order valence-electron chi connectivity index (χ3n) is 2.26. The highest BCUT2D eigenvalue weighted by Gasteiger charge is 2.23. The Bertz CT molecular complexity index is 439. The second-order valence-electron chi connectivity index (χ2n) is 4.62. The van der Waals surface area contributed by atoms with Crippen molar-refractivity contribution >= 4 is 17.7 Å². The van der Waals surface area contributed by atoms with Gasteiger partial charge in [-0.25, -0.2) is 4.79 Å². The van der Waals surface area contributed by atoms with Crippen LogP contribution >= 0.6 is 0 Å². The van der Waals surface area contributed by atoms with E-state index in [0.717, 1.165) is 0 Å². The van der Waals surface area contributed by atoms with Gasteiger partial charge in [-0.05, 0) is 20.8 Å². The van der Waals surface area contributed by atoms with Crippen LogP contribution in [0, 0.1) is 0 Å². The number of urea groups is 1. The first-order valence-corrected chi connectivity index (χ1v) is 5.66. The van der Waals surface area contributed by atoms with E-state index in [0.29, 0.717) is 12.2 Å². The number of carboxylic acids is 1. The number of hydrogen-bond acceptors (Lipinski definition) is 3. The molecule has 0 aliphatic carbocycles. The molecule has 7 heteroatoms. The topological polar surface area (TPSA) is 96.2 Å². The number of hydrogen-bond donors (Lipinski definition) is 3. The summed E-state index contributed by atoms with van der Waals surface area (Å²) in [5.41, 5.74) is -0.239. The summed E-state index contributed by atoms with van der Waals surface area (Å²) in [5, 5.41) is 17.9. The molecule has 0 aliphatic heterocycles. The lowest BCUT2D eigenvalue weighted by atomic mass is 10.0. The number of carboxylic acid groups (broad SMARTS) is 1. The van der Waals surface area contributed by atoms with Gasteiger partial charge in [0, 0.05) is 18.3 Å². The van der Waals surface area contributed by atoms with E-state index in [-0.39, 0.29) is 6.42 Å². The van der Waals surface area contributed by atoms with Gasteiger partial charge in [0.05, 0.1) is 18.3 Å². The standard InChI is InChI=1S/C11H18N4O3/c1-4-15-7-8(6-12-15)13-10(18)14-11(2,3)5-9(16)17/h6-7H,4-5H2,1-3H3,(H,16,17)(H2,13,14,18). The Hall–Kier alpha value is -2.05. The van der Waals surface area contributed by atoms with Crippen molar-refractivity contribution in [3.8, 4) is 0 Å². The number of aryl methyl sites for hydroxylation is 1. The maximum absolute atomic E-state index is 11.7. The van der Waals surface area contributed by atoms with Crippen LogP contribution in [0.15, 0.2) is 12.4 Å². The van der Waals surface area contributed by atoms with Crippen LogP contribution in [0.25, 0.3) is 0 Å². The molecule has 1 aromatic rings. The second kappa shape index (κ2) is 5.52. The zero-order valence-electron chi connectivity index (χ0n) is 10.7. The van der Waals surface area contributed by atoms with Crippen LogP contribution in [0.3, 0.4) is 0 Å². The van der Waals surface area contributed by atoms with E-state index in [1.165, 1.54) is 6.20 Å². The highest BCUT2D eigenvalue weighted by molar-refractivity contribution is 5.89. The molecule has 2 amide bonds. The molecular weight excluding hydrogens is 236 g/mol. The van der Waals surface area contributed by atoms with E-state index in [9.17, 15) is 9.59 Å². The molecule has 3 N–H and O–H groups in total. The van der Waals surface area contributed by atoms with Crippen LogP contribution in [0.1, 0.15) is 27.2 Å². The van der Waals surface area contributed by atoms with Gasteiger partial charge >= 0.3 is 12.0 Å². The predicted molar refractivity (Wildman–Crippen MR) is 66.4 cm³/mol. The fourth-order valence-corrected chi connectivity index (χ4v) is 1.49. The number of aromatic nitrogens is 2. The molecule has 0 spiro atoms. The van der Waals surface area contributed by atoms with E-state index in [4.69, 9.17) is 5.11 Å².